The van der Waals surface area contributed by atoms with Gasteiger partial charge in [0.15, 0.2) is 0 Å². The topological polar surface area (TPSA) is 38.3 Å². The molecule has 1 rings (SSSR count). The normalized spacial score (nSPS) is 13.1. The lowest BCUT2D eigenvalue weighted by Gasteiger charge is -2.21. The average Bonchev–Trinajstić information content (AvgIpc) is 2.42. The van der Waals surface area contributed by atoms with Crippen LogP contribution in [0.5, 0.6) is 0 Å². The summed E-state index contributed by atoms with van der Waals surface area (Å²) >= 11 is 1.59. The van der Waals surface area contributed by atoms with Gasteiger partial charge in [0.05, 0.1) is 12.9 Å². The Balaban J connectivity index is 2.63. The zero-order valence-corrected chi connectivity index (χ0v) is 13.8. The Kier molecular flexibility index (Phi) is 6.56. The minimum Gasteiger partial charge on any atom is -0.468 e. The predicted molar refractivity (Wildman–Crippen MR) is 86.3 cm³/mol. The molecule has 0 aliphatic heterocycles. The van der Waals surface area contributed by atoms with Crippen molar-refractivity contribution in [2.24, 2.45) is 0 Å². The predicted octanol–water partition coefficient (Wildman–Crippen LogP) is 3.15. The first-order valence-electron chi connectivity index (χ1n) is 6.80. The first-order chi connectivity index (χ1) is 9.38. The van der Waals surface area contributed by atoms with Crippen LogP contribution in [0.1, 0.15) is 37.9 Å². The van der Waals surface area contributed by atoms with Crippen molar-refractivity contribution in [3.63, 3.8) is 0 Å². The van der Waals surface area contributed by atoms with E-state index in [1.54, 1.807) is 11.8 Å². The van der Waals surface area contributed by atoms with Gasteiger partial charge in [-0.2, -0.15) is 0 Å². The fourth-order valence-corrected chi connectivity index (χ4v) is 2.88. The average molecular weight is 295 g/mol. The summed E-state index contributed by atoms with van der Waals surface area (Å²) in [5.74, 6) is 1.07. The van der Waals surface area contributed by atoms with Crippen LogP contribution in [0.25, 0.3) is 0 Å². The van der Waals surface area contributed by atoms with E-state index in [1.165, 1.54) is 18.2 Å². The monoisotopic (exact) mass is 295 g/mol. The molecule has 0 radical (unpaired) electrons. The number of ether oxygens (including phenoxy) is 1. The molecule has 0 saturated carbocycles. The number of hydrogen-bond acceptors (Lipinski definition) is 4. The van der Waals surface area contributed by atoms with Gasteiger partial charge in [0, 0.05) is 11.8 Å². The zero-order chi connectivity index (χ0) is 15.2. The van der Waals surface area contributed by atoms with Crippen molar-refractivity contribution in [2.45, 2.75) is 32.2 Å². The van der Waals surface area contributed by atoms with Gasteiger partial charge in [-0.25, -0.2) is 0 Å². The number of esters is 1. The van der Waals surface area contributed by atoms with E-state index in [0.717, 1.165) is 5.75 Å². The van der Waals surface area contributed by atoms with Crippen molar-refractivity contribution in [1.29, 1.82) is 0 Å². The lowest BCUT2D eigenvalue weighted by Crippen LogP contribution is -2.20. The van der Waals surface area contributed by atoms with Crippen LogP contribution < -0.4 is 5.32 Å². The van der Waals surface area contributed by atoms with Gasteiger partial charge in [0.1, 0.15) is 0 Å². The van der Waals surface area contributed by atoms with Crippen LogP contribution >= 0.6 is 11.8 Å². The molecule has 0 heterocycles. The quantitative estimate of drug-likeness (QED) is 0.818. The molecule has 1 unspecified atom stereocenters. The first kappa shape index (κ1) is 17.1. The fraction of sp³-hybridized carbons (Fsp3) is 0.562. The number of carbonyl (C=O) groups excluding carboxylic acids is 1. The summed E-state index contributed by atoms with van der Waals surface area (Å²) in [5, 5.41) is 3.30. The van der Waals surface area contributed by atoms with Crippen LogP contribution in [-0.4, -0.2) is 31.6 Å². The minimum absolute atomic E-state index is 0.173. The van der Waals surface area contributed by atoms with Crippen molar-refractivity contribution in [2.75, 3.05) is 25.7 Å². The summed E-state index contributed by atoms with van der Waals surface area (Å²) < 4.78 is 4.64. The molecular formula is C16H25NO2S. The van der Waals surface area contributed by atoms with Crippen LogP contribution in [0.2, 0.25) is 0 Å². The van der Waals surface area contributed by atoms with E-state index in [2.05, 4.69) is 55.1 Å². The molecule has 4 heteroatoms. The third-order valence-corrected chi connectivity index (χ3v) is 4.27. The van der Waals surface area contributed by atoms with E-state index in [0.29, 0.717) is 5.75 Å². The highest BCUT2D eigenvalue weighted by Crippen LogP contribution is 2.25. The molecule has 0 fully saturated rings. The Labute approximate surface area is 126 Å². The third-order valence-electron chi connectivity index (χ3n) is 3.26. The van der Waals surface area contributed by atoms with Gasteiger partial charge >= 0.3 is 5.97 Å². The molecule has 0 aliphatic carbocycles. The lowest BCUT2D eigenvalue weighted by molar-refractivity contribution is -0.137. The number of methoxy groups -OCH3 is 1. The summed E-state index contributed by atoms with van der Waals surface area (Å²) in [4.78, 5) is 11.1. The maximum atomic E-state index is 11.1. The molecule has 20 heavy (non-hydrogen) atoms. The van der Waals surface area contributed by atoms with Crippen molar-refractivity contribution >= 4 is 17.7 Å². The number of rotatable bonds is 6. The Morgan fingerprint density at radius 2 is 1.90 bits per heavy atom. The summed E-state index contributed by atoms with van der Waals surface area (Å²) in [6.45, 7) is 6.64. The summed E-state index contributed by atoms with van der Waals surface area (Å²) in [7, 11) is 3.37. The molecule has 0 aromatic heterocycles. The second-order valence-corrected chi connectivity index (χ2v) is 6.83. The maximum Gasteiger partial charge on any atom is 0.315 e. The second kappa shape index (κ2) is 7.70. The van der Waals surface area contributed by atoms with E-state index in [-0.39, 0.29) is 17.4 Å². The molecular weight excluding hydrogens is 270 g/mol. The minimum atomic E-state index is -0.173. The van der Waals surface area contributed by atoms with Crippen LogP contribution in [0, 0.1) is 0 Å². The van der Waals surface area contributed by atoms with E-state index in [4.69, 9.17) is 0 Å². The van der Waals surface area contributed by atoms with Gasteiger partial charge in [-0.3, -0.25) is 4.79 Å². The first-order valence-corrected chi connectivity index (χ1v) is 7.96. The van der Waals surface area contributed by atoms with Crippen LogP contribution in [-0.2, 0) is 14.9 Å². The molecule has 0 amide bonds. The summed E-state index contributed by atoms with van der Waals surface area (Å²) in [6, 6.07) is 8.95. The molecule has 0 spiro atoms. The number of thioether (sulfide) groups is 1. The Bertz CT molecular complexity index is 423. The van der Waals surface area contributed by atoms with Crippen LogP contribution in [0.3, 0.4) is 0 Å². The van der Waals surface area contributed by atoms with Gasteiger partial charge in [-0.15, -0.1) is 11.8 Å². The van der Waals surface area contributed by atoms with E-state index < -0.39 is 0 Å². The van der Waals surface area contributed by atoms with Crippen molar-refractivity contribution in [1.82, 2.24) is 5.32 Å². The highest BCUT2D eigenvalue weighted by molar-refractivity contribution is 7.99. The summed E-state index contributed by atoms with van der Waals surface area (Å²) in [6.07, 6.45) is 0. The van der Waals surface area contributed by atoms with Gasteiger partial charge in [0.2, 0.25) is 0 Å². The molecule has 0 bridgehead atoms. The summed E-state index contributed by atoms with van der Waals surface area (Å²) in [5.41, 5.74) is 2.75. The smallest absolute Gasteiger partial charge is 0.315 e. The molecule has 1 atom stereocenters. The lowest BCUT2D eigenvalue weighted by atomic mass is 9.86. The molecule has 1 aromatic rings. The van der Waals surface area contributed by atoms with E-state index in [9.17, 15) is 4.79 Å². The van der Waals surface area contributed by atoms with Gasteiger partial charge < -0.3 is 10.1 Å². The van der Waals surface area contributed by atoms with Crippen LogP contribution in [0.4, 0.5) is 0 Å². The second-order valence-electron chi connectivity index (χ2n) is 5.80. The number of benzene rings is 1. The van der Waals surface area contributed by atoms with Crippen molar-refractivity contribution in [3.05, 3.63) is 35.4 Å². The Hall–Kier alpha value is -1.00. The highest BCUT2D eigenvalue weighted by atomic mass is 32.2. The third kappa shape index (κ3) is 5.17. The number of nitrogens with one attached hydrogen (secondary N) is 1. The Morgan fingerprint density at radius 1 is 1.30 bits per heavy atom. The molecule has 3 nitrogen and oxygen atoms in total. The fourth-order valence-electron chi connectivity index (χ4n) is 1.88. The molecule has 1 aromatic carbocycles. The highest BCUT2D eigenvalue weighted by Gasteiger charge is 2.15. The standard InChI is InChI=1S/C16H25NO2S/c1-16(2,3)13-8-6-12(7-9-13)14(17-4)10-20-11-15(18)19-5/h6-9,14,17H,10-11H2,1-5H3. The van der Waals surface area contributed by atoms with Crippen molar-refractivity contribution < 1.29 is 9.53 Å². The van der Waals surface area contributed by atoms with Crippen molar-refractivity contribution in [3.8, 4) is 0 Å². The van der Waals surface area contributed by atoms with Crippen LogP contribution in [0.15, 0.2) is 24.3 Å². The van der Waals surface area contributed by atoms with Gasteiger partial charge in [-0.05, 0) is 23.6 Å². The van der Waals surface area contributed by atoms with E-state index >= 15 is 0 Å². The molecule has 0 saturated heterocycles. The number of hydrogen-bond donors (Lipinski definition) is 1. The zero-order valence-electron chi connectivity index (χ0n) is 13.0. The SMILES string of the molecule is CNC(CSCC(=O)OC)c1ccc(C(C)(C)C)cc1. The largest absolute Gasteiger partial charge is 0.468 e. The number of carbonyl (C=O) groups is 1. The maximum absolute atomic E-state index is 11.1. The molecule has 0 aliphatic rings. The Morgan fingerprint density at radius 3 is 2.35 bits per heavy atom. The molecule has 112 valence electrons. The van der Waals surface area contributed by atoms with Gasteiger partial charge in [0.25, 0.3) is 0 Å². The van der Waals surface area contributed by atoms with Gasteiger partial charge in [-0.1, -0.05) is 45.0 Å². The van der Waals surface area contributed by atoms with E-state index in [1.807, 2.05) is 7.05 Å². The molecule has 1 N–H and O–H groups in total.